The van der Waals surface area contributed by atoms with Gasteiger partial charge in [0, 0.05) is 6.04 Å². The SMILES string of the molecule is NC(Cc1ccc(Cl)c(Cl)c1)C1CCC1. The molecule has 1 aliphatic carbocycles. The molecule has 0 aliphatic heterocycles. The molecule has 1 nitrogen and oxygen atoms in total. The summed E-state index contributed by atoms with van der Waals surface area (Å²) in [5, 5.41) is 1.23. The average Bonchev–Trinajstić information content (AvgIpc) is 2.08. The van der Waals surface area contributed by atoms with Crippen LogP contribution in [0.15, 0.2) is 18.2 Å². The van der Waals surface area contributed by atoms with Gasteiger partial charge >= 0.3 is 0 Å². The number of hydrogen-bond donors (Lipinski definition) is 1. The molecule has 1 aromatic rings. The fourth-order valence-electron chi connectivity index (χ4n) is 1.97. The van der Waals surface area contributed by atoms with Crippen LogP contribution >= 0.6 is 23.2 Å². The van der Waals surface area contributed by atoms with Crippen LogP contribution in [0.25, 0.3) is 0 Å². The highest BCUT2D eigenvalue weighted by Gasteiger charge is 2.24. The van der Waals surface area contributed by atoms with Gasteiger partial charge in [0.1, 0.15) is 0 Å². The molecule has 82 valence electrons. The zero-order valence-corrected chi connectivity index (χ0v) is 10.1. The van der Waals surface area contributed by atoms with E-state index < -0.39 is 0 Å². The van der Waals surface area contributed by atoms with Gasteiger partial charge in [-0.1, -0.05) is 35.7 Å². The van der Waals surface area contributed by atoms with Gasteiger partial charge in [0.15, 0.2) is 0 Å². The molecule has 3 heteroatoms. The van der Waals surface area contributed by atoms with Crippen molar-refractivity contribution in [2.45, 2.75) is 31.7 Å². The van der Waals surface area contributed by atoms with Crippen molar-refractivity contribution in [2.24, 2.45) is 11.7 Å². The van der Waals surface area contributed by atoms with Gasteiger partial charge in [-0.15, -0.1) is 0 Å². The number of nitrogens with two attached hydrogens (primary N) is 1. The third-order valence-electron chi connectivity index (χ3n) is 3.21. The minimum atomic E-state index is 0.274. The van der Waals surface area contributed by atoms with E-state index in [0.29, 0.717) is 16.0 Å². The van der Waals surface area contributed by atoms with Crippen LogP contribution in [0.3, 0.4) is 0 Å². The van der Waals surface area contributed by atoms with Crippen molar-refractivity contribution in [3.05, 3.63) is 33.8 Å². The molecular weight excluding hydrogens is 229 g/mol. The van der Waals surface area contributed by atoms with Gasteiger partial charge in [0.25, 0.3) is 0 Å². The fraction of sp³-hybridized carbons (Fsp3) is 0.500. The maximum absolute atomic E-state index is 6.12. The van der Waals surface area contributed by atoms with Crippen molar-refractivity contribution in [3.8, 4) is 0 Å². The van der Waals surface area contributed by atoms with E-state index in [4.69, 9.17) is 28.9 Å². The van der Waals surface area contributed by atoms with E-state index in [0.717, 1.165) is 6.42 Å². The molecule has 2 rings (SSSR count). The Labute approximate surface area is 101 Å². The highest BCUT2D eigenvalue weighted by Crippen LogP contribution is 2.31. The molecule has 0 radical (unpaired) electrons. The van der Waals surface area contributed by atoms with Crippen molar-refractivity contribution < 1.29 is 0 Å². The minimum absolute atomic E-state index is 0.274. The summed E-state index contributed by atoms with van der Waals surface area (Å²) in [7, 11) is 0. The summed E-state index contributed by atoms with van der Waals surface area (Å²) in [6.07, 6.45) is 4.80. The molecule has 1 unspecified atom stereocenters. The Balaban J connectivity index is 2.00. The first-order chi connectivity index (χ1) is 7.16. The first kappa shape index (κ1) is 11.3. The quantitative estimate of drug-likeness (QED) is 0.862. The predicted octanol–water partition coefficient (Wildman–Crippen LogP) is 3.66. The summed E-state index contributed by atoms with van der Waals surface area (Å²) in [4.78, 5) is 0. The maximum Gasteiger partial charge on any atom is 0.0595 e. The van der Waals surface area contributed by atoms with E-state index in [2.05, 4.69) is 0 Å². The van der Waals surface area contributed by atoms with Crippen LogP contribution in [0, 0.1) is 5.92 Å². The van der Waals surface area contributed by atoms with Crippen LogP contribution in [0.1, 0.15) is 24.8 Å². The van der Waals surface area contributed by atoms with Crippen molar-refractivity contribution in [3.63, 3.8) is 0 Å². The Morgan fingerprint density at radius 3 is 2.53 bits per heavy atom. The summed E-state index contributed by atoms with van der Waals surface area (Å²) in [5.74, 6) is 0.708. The Bertz CT molecular complexity index is 347. The molecule has 0 saturated heterocycles. The Kier molecular flexibility index (Phi) is 3.55. The van der Waals surface area contributed by atoms with Crippen LogP contribution in [0.2, 0.25) is 10.0 Å². The van der Waals surface area contributed by atoms with Crippen molar-refractivity contribution in [2.75, 3.05) is 0 Å². The average molecular weight is 244 g/mol. The number of halogens is 2. The lowest BCUT2D eigenvalue weighted by Gasteiger charge is -2.31. The largest absolute Gasteiger partial charge is 0.327 e. The van der Waals surface area contributed by atoms with E-state index in [-0.39, 0.29) is 6.04 Å². The van der Waals surface area contributed by atoms with Crippen LogP contribution < -0.4 is 5.73 Å². The second kappa shape index (κ2) is 4.73. The summed E-state index contributed by atoms with van der Waals surface area (Å²) < 4.78 is 0. The van der Waals surface area contributed by atoms with Gasteiger partial charge in [0.05, 0.1) is 10.0 Å². The van der Waals surface area contributed by atoms with Gasteiger partial charge < -0.3 is 5.73 Å². The fourth-order valence-corrected chi connectivity index (χ4v) is 2.29. The van der Waals surface area contributed by atoms with Crippen molar-refractivity contribution in [1.29, 1.82) is 0 Å². The van der Waals surface area contributed by atoms with Crippen LogP contribution in [-0.2, 0) is 6.42 Å². The Morgan fingerprint density at radius 1 is 1.27 bits per heavy atom. The smallest absolute Gasteiger partial charge is 0.0595 e. The molecule has 0 heterocycles. The van der Waals surface area contributed by atoms with Gasteiger partial charge in [-0.25, -0.2) is 0 Å². The maximum atomic E-state index is 6.12. The zero-order valence-electron chi connectivity index (χ0n) is 8.55. The molecule has 0 bridgehead atoms. The van der Waals surface area contributed by atoms with Gasteiger partial charge in [0.2, 0.25) is 0 Å². The third-order valence-corrected chi connectivity index (χ3v) is 3.95. The van der Waals surface area contributed by atoms with Crippen LogP contribution in [0.4, 0.5) is 0 Å². The zero-order chi connectivity index (χ0) is 10.8. The molecule has 0 aromatic heterocycles. The minimum Gasteiger partial charge on any atom is -0.327 e. The number of hydrogen-bond acceptors (Lipinski definition) is 1. The lowest BCUT2D eigenvalue weighted by Crippen LogP contribution is -2.36. The topological polar surface area (TPSA) is 26.0 Å². The Morgan fingerprint density at radius 2 is 2.00 bits per heavy atom. The lowest BCUT2D eigenvalue weighted by molar-refractivity contribution is 0.260. The first-order valence-electron chi connectivity index (χ1n) is 5.36. The Hall–Kier alpha value is -0.240. The second-order valence-corrected chi connectivity index (χ2v) is 5.12. The molecule has 1 saturated carbocycles. The second-order valence-electron chi connectivity index (χ2n) is 4.31. The van der Waals surface area contributed by atoms with E-state index in [1.165, 1.54) is 24.8 Å². The molecule has 0 spiro atoms. The van der Waals surface area contributed by atoms with Crippen LogP contribution in [-0.4, -0.2) is 6.04 Å². The molecule has 1 atom stereocenters. The molecule has 1 aliphatic rings. The number of rotatable bonds is 3. The van der Waals surface area contributed by atoms with Gasteiger partial charge in [-0.05, 0) is 42.9 Å². The van der Waals surface area contributed by atoms with E-state index in [9.17, 15) is 0 Å². The summed E-state index contributed by atoms with van der Waals surface area (Å²) >= 11 is 11.8. The monoisotopic (exact) mass is 243 g/mol. The van der Waals surface area contributed by atoms with Crippen molar-refractivity contribution in [1.82, 2.24) is 0 Å². The number of benzene rings is 1. The third kappa shape index (κ3) is 2.66. The van der Waals surface area contributed by atoms with Gasteiger partial charge in [-0.3, -0.25) is 0 Å². The summed E-state index contributed by atoms with van der Waals surface area (Å²) in [6.45, 7) is 0. The molecule has 0 amide bonds. The van der Waals surface area contributed by atoms with Gasteiger partial charge in [-0.2, -0.15) is 0 Å². The highest BCUT2D eigenvalue weighted by atomic mass is 35.5. The van der Waals surface area contributed by atoms with E-state index >= 15 is 0 Å². The highest BCUT2D eigenvalue weighted by molar-refractivity contribution is 6.42. The molecular formula is C12H15Cl2N. The molecule has 2 N–H and O–H groups in total. The molecule has 1 aromatic carbocycles. The molecule has 1 fully saturated rings. The lowest BCUT2D eigenvalue weighted by atomic mass is 9.78. The first-order valence-corrected chi connectivity index (χ1v) is 6.12. The van der Waals surface area contributed by atoms with Crippen molar-refractivity contribution >= 4 is 23.2 Å². The van der Waals surface area contributed by atoms with E-state index in [1.54, 1.807) is 0 Å². The molecule has 15 heavy (non-hydrogen) atoms. The van der Waals surface area contributed by atoms with Crippen LogP contribution in [0.5, 0.6) is 0 Å². The summed E-state index contributed by atoms with van der Waals surface area (Å²) in [5.41, 5.74) is 7.31. The predicted molar refractivity (Wildman–Crippen MR) is 65.5 cm³/mol. The van der Waals surface area contributed by atoms with E-state index in [1.807, 2.05) is 18.2 Å². The standard InChI is InChI=1S/C12H15Cl2N/c13-10-5-4-8(6-11(10)14)7-12(15)9-2-1-3-9/h4-6,9,12H,1-3,7,15H2. The summed E-state index contributed by atoms with van der Waals surface area (Å²) in [6, 6.07) is 6.04. The normalized spacial score (nSPS) is 18.6.